The molecule has 0 radical (unpaired) electrons. The van der Waals surface area contributed by atoms with Crippen molar-refractivity contribution in [2.75, 3.05) is 0 Å². The molecule has 0 aliphatic rings. The van der Waals surface area contributed by atoms with Crippen molar-refractivity contribution in [3.8, 4) is 107 Å². The second-order valence-electron chi connectivity index (χ2n) is 34.5. The fourth-order valence-corrected chi connectivity index (χ4v) is 21.5. The lowest BCUT2D eigenvalue weighted by Gasteiger charge is -2.12. The predicted molar refractivity (Wildman–Crippen MR) is 561 cm³/mol. The Labute approximate surface area is 776 Å². The first-order valence-electron chi connectivity index (χ1n) is 45.5. The number of imidazole rings is 1. The molecule has 0 spiro atoms. The third kappa shape index (κ3) is 12.4. The van der Waals surface area contributed by atoms with Crippen LogP contribution in [0.5, 0.6) is 0 Å². The highest BCUT2D eigenvalue weighted by molar-refractivity contribution is 6.25. The van der Waals surface area contributed by atoms with Crippen LogP contribution in [0.3, 0.4) is 0 Å². The first-order chi connectivity index (χ1) is 66.5. The number of aromatic nitrogens is 10. The molecule has 0 saturated heterocycles. The van der Waals surface area contributed by atoms with Crippen LogP contribution >= 0.6 is 0 Å². The molecule has 20 aromatic carbocycles. The summed E-state index contributed by atoms with van der Waals surface area (Å²) in [4.78, 5) is 5.17. The SMILES string of the molecule is C.c1ccc(-c2ccc3c(c2)c2cc(-n4c5ccccc5c5c(-c6cccc7c6c6ccccc6n7-c6ccc(-c7nc8ccccc8n7-c7ccccc7)cc6)cccc54)ccc2n3-c2ccccc2)cc1.c1ccc(-c2ccc3c(c2)c2cc(-n4c5ccccc5c5c(-c6cccc7c6c6ccccc6n7-c6nnc(-c7ccccc7)o6)cccc54)ccc2n3-c2ccccc2)cc1. The quantitative estimate of drug-likeness (QED) is 0.115. The minimum Gasteiger partial charge on any atom is -0.403 e. The van der Waals surface area contributed by atoms with Crippen molar-refractivity contribution in [3.63, 3.8) is 0 Å². The summed E-state index contributed by atoms with van der Waals surface area (Å²) in [6.07, 6.45) is 0. The van der Waals surface area contributed by atoms with Crippen molar-refractivity contribution >= 4 is 142 Å². The molecule has 0 bridgehead atoms. The zero-order valence-electron chi connectivity index (χ0n) is 72.4. The molecule has 0 amide bonds. The van der Waals surface area contributed by atoms with E-state index in [0.717, 1.165) is 117 Å². The highest BCUT2D eigenvalue weighted by atomic mass is 16.4. The van der Waals surface area contributed by atoms with Gasteiger partial charge in [0.2, 0.25) is 5.89 Å². The molecule has 11 heteroatoms. The average molecular weight is 1730 g/mol. The summed E-state index contributed by atoms with van der Waals surface area (Å²) in [6.45, 7) is 0. The zero-order chi connectivity index (χ0) is 88.0. The summed E-state index contributed by atoms with van der Waals surface area (Å²) < 4.78 is 22.9. The first kappa shape index (κ1) is 77.9. The van der Waals surface area contributed by atoms with Gasteiger partial charge in [-0.15, -0.1) is 5.10 Å². The van der Waals surface area contributed by atoms with E-state index >= 15 is 0 Å². The molecule has 634 valence electrons. The average Bonchev–Trinajstić information content (AvgIpc) is 1.56. The molecule has 0 unspecified atom stereocenters. The molecule has 0 saturated carbocycles. The molecule has 0 aliphatic heterocycles. The number of benzene rings is 20. The molecule has 0 aliphatic carbocycles. The molecule has 8 aromatic heterocycles. The molecular weight excluding hydrogens is 1650 g/mol. The van der Waals surface area contributed by atoms with Gasteiger partial charge in [-0.25, -0.2) is 4.98 Å². The van der Waals surface area contributed by atoms with Crippen LogP contribution in [0.4, 0.5) is 0 Å². The first-order valence-corrected chi connectivity index (χ1v) is 45.5. The lowest BCUT2D eigenvalue weighted by Crippen LogP contribution is -1.98. The predicted octanol–water partition coefficient (Wildman–Crippen LogP) is 32.3. The standard InChI is InChI=1S/C67H43N5.C56H35N5O.CH4/c1-4-18-44(19-5-1)46-36-40-60-55(42-46)56-43-50(39-41-61(56)69(60)47-20-6-2-7-21-47)71-59-30-14-11-25-54(59)66-52(27-17-33-64(66)71)51-26-16-32-63-65(51)53-24-10-13-29-58(53)70(63)49-37-34-45(35-38-49)67-68-57-28-12-15-31-62(57)72(67)48-22-8-3-9-23-48;1-4-16-36(17-5-1)38-30-32-49-45(34-38)46-35-40(31-33-50(46)59(49)39-20-8-3-9-21-39)60-47-26-12-10-22-43(47)53-41(24-14-28-51(53)60)42-25-15-29-52-54(42)44-23-11-13-27-48(44)61(52)56-58-57-55(62-56)37-18-6-2-7-19-37;/h1-43H;1-35H;1H4. The van der Waals surface area contributed by atoms with Gasteiger partial charge in [-0.1, -0.05) is 292 Å². The Morgan fingerprint density at radius 2 is 0.452 bits per heavy atom. The summed E-state index contributed by atoms with van der Waals surface area (Å²) in [5, 5.41) is 23.5. The fourth-order valence-electron chi connectivity index (χ4n) is 21.5. The van der Waals surface area contributed by atoms with Crippen LogP contribution in [-0.4, -0.2) is 47.2 Å². The van der Waals surface area contributed by atoms with Gasteiger partial charge in [0.05, 0.1) is 77.2 Å². The van der Waals surface area contributed by atoms with Gasteiger partial charge >= 0.3 is 6.01 Å². The number of fused-ring (bicyclic) bond motifs is 19. The van der Waals surface area contributed by atoms with Crippen molar-refractivity contribution in [2.24, 2.45) is 0 Å². The van der Waals surface area contributed by atoms with E-state index in [1.165, 1.54) is 120 Å². The van der Waals surface area contributed by atoms with Gasteiger partial charge in [0, 0.05) is 110 Å². The minimum absolute atomic E-state index is 0. The van der Waals surface area contributed by atoms with Gasteiger partial charge in [0.25, 0.3) is 0 Å². The molecule has 135 heavy (non-hydrogen) atoms. The third-order valence-electron chi connectivity index (χ3n) is 27.2. The van der Waals surface area contributed by atoms with E-state index in [9.17, 15) is 0 Å². The number of rotatable bonds is 13. The van der Waals surface area contributed by atoms with E-state index in [-0.39, 0.29) is 7.43 Å². The summed E-state index contributed by atoms with van der Waals surface area (Å²) in [7, 11) is 0. The van der Waals surface area contributed by atoms with Crippen molar-refractivity contribution in [3.05, 3.63) is 473 Å². The van der Waals surface area contributed by atoms with Crippen molar-refractivity contribution in [1.29, 1.82) is 0 Å². The van der Waals surface area contributed by atoms with Crippen molar-refractivity contribution < 1.29 is 4.42 Å². The van der Waals surface area contributed by atoms with Crippen LogP contribution in [0.1, 0.15) is 7.43 Å². The number of hydrogen-bond acceptors (Lipinski definition) is 4. The smallest absolute Gasteiger partial charge is 0.327 e. The Hall–Kier alpha value is -18.2. The van der Waals surface area contributed by atoms with E-state index in [4.69, 9.17) is 9.40 Å². The lowest BCUT2D eigenvalue weighted by molar-refractivity contribution is 0.546. The van der Waals surface area contributed by atoms with Crippen molar-refractivity contribution in [1.82, 2.24) is 47.2 Å². The molecule has 8 heterocycles. The fraction of sp³-hybridized carbons (Fsp3) is 0.00806. The zero-order valence-corrected chi connectivity index (χ0v) is 72.4. The van der Waals surface area contributed by atoms with Gasteiger partial charge < -0.3 is 27.3 Å². The Bertz CT molecular complexity index is 9550. The van der Waals surface area contributed by atoms with Gasteiger partial charge in [0.15, 0.2) is 0 Å². The number of hydrogen-bond donors (Lipinski definition) is 0. The van der Waals surface area contributed by atoms with Crippen LogP contribution in [0.25, 0.3) is 249 Å². The highest BCUT2D eigenvalue weighted by Gasteiger charge is 2.28. The van der Waals surface area contributed by atoms with Crippen LogP contribution in [0.2, 0.25) is 0 Å². The van der Waals surface area contributed by atoms with E-state index in [1.807, 2.05) is 30.3 Å². The Kier molecular flexibility index (Phi) is 18.2. The monoisotopic (exact) mass is 1730 g/mol. The highest BCUT2D eigenvalue weighted by Crippen LogP contribution is 2.49. The largest absolute Gasteiger partial charge is 0.403 e. The summed E-state index contributed by atoms with van der Waals surface area (Å²) >= 11 is 0. The molecule has 11 nitrogen and oxygen atoms in total. The molecule has 0 fully saturated rings. The minimum atomic E-state index is 0. The van der Waals surface area contributed by atoms with E-state index in [2.05, 4.69) is 485 Å². The van der Waals surface area contributed by atoms with Gasteiger partial charge in [-0.05, 0) is 239 Å². The van der Waals surface area contributed by atoms with Crippen LogP contribution < -0.4 is 0 Å². The van der Waals surface area contributed by atoms with E-state index in [1.54, 1.807) is 0 Å². The lowest BCUT2D eigenvalue weighted by atomic mass is 9.95. The molecule has 0 N–H and O–H groups in total. The summed E-state index contributed by atoms with van der Waals surface area (Å²) in [5.41, 5.74) is 33.9. The number of nitrogens with zero attached hydrogens (tertiary/aromatic N) is 10. The molecular formula is C124H82N10O. The Balaban J connectivity index is 0.000000141. The van der Waals surface area contributed by atoms with Crippen molar-refractivity contribution in [2.45, 2.75) is 7.43 Å². The Morgan fingerprint density at radius 1 is 0.170 bits per heavy atom. The Morgan fingerprint density at radius 3 is 0.867 bits per heavy atom. The molecule has 28 aromatic rings. The van der Waals surface area contributed by atoms with Gasteiger partial charge in [-0.2, -0.15) is 0 Å². The second-order valence-corrected chi connectivity index (χ2v) is 34.5. The second kappa shape index (κ2) is 31.6. The third-order valence-corrected chi connectivity index (χ3v) is 27.2. The number of para-hydroxylation sites is 9. The van der Waals surface area contributed by atoms with Gasteiger partial charge in [-0.3, -0.25) is 9.13 Å². The van der Waals surface area contributed by atoms with Crippen LogP contribution in [0, 0.1) is 0 Å². The normalized spacial score (nSPS) is 11.8. The molecule has 28 rings (SSSR count). The van der Waals surface area contributed by atoms with E-state index < -0.39 is 0 Å². The van der Waals surface area contributed by atoms with Crippen LogP contribution in [0.15, 0.2) is 478 Å². The maximum Gasteiger partial charge on any atom is 0.327 e. The summed E-state index contributed by atoms with van der Waals surface area (Å²) in [6, 6.07) is 171. The van der Waals surface area contributed by atoms with Crippen LogP contribution in [-0.2, 0) is 0 Å². The molecule has 0 atom stereocenters. The summed E-state index contributed by atoms with van der Waals surface area (Å²) in [5.74, 6) is 1.40. The topological polar surface area (TPSA) is 86.3 Å². The van der Waals surface area contributed by atoms with Gasteiger partial charge in [0.1, 0.15) is 5.82 Å². The maximum atomic E-state index is 6.40. The van der Waals surface area contributed by atoms with E-state index in [0.29, 0.717) is 11.9 Å². The maximum absolute atomic E-state index is 6.40.